The second-order valence-corrected chi connectivity index (χ2v) is 6.23. The zero-order valence-corrected chi connectivity index (χ0v) is 13.2. The molecule has 1 saturated heterocycles. The molecule has 110 valence electrons. The van der Waals surface area contributed by atoms with E-state index in [1.165, 1.54) is 12.8 Å². The number of hydrogen-bond acceptors (Lipinski definition) is 4. The van der Waals surface area contributed by atoms with Gasteiger partial charge >= 0.3 is 5.97 Å². The van der Waals surface area contributed by atoms with Crippen molar-refractivity contribution in [3.8, 4) is 0 Å². The van der Waals surface area contributed by atoms with Gasteiger partial charge in [-0.1, -0.05) is 0 Å². The average Bonchev–Trinajstić information content (AvgIpc) is 2.42. The molecule has 5 nitrogen and oxygen atoms in total. The van der Waals surface area contributed by atoms with Crippen molar-refractivity contribution >= 4 is 27.7 Å². The molecule has 2 heterocycles. The van der Waals surface area contributed by atoms with E-state index in [1.807, 2.05) is 0 Å². The standard InChI is InChI=1S/C14H20BrN3O2/c1-18-6-3-10(4-7-18)2-5-16-13-12(14(19)20)8-11(15)9-17-13/h8-10H,2-7H2,1H3,(H,16,17)(H,19,20). The van der Waals surface area contributed by atoms with E-state index in [2.05, 4.69) is 38.2 Å². The van der Waals surface area contributed by atoms with Crippen LogP contribution in [-0.2, 0) is 0 Å². The van der Waals surface area contributed by atoms with Crippen LogP contribution in [0.4, 0.5) is 5.82 Å². The number of aromatic carboxylic acids is 1. The second kappa shape index (κ2) is 7.04. The molecule has 1 aliphatic rings. The number of likely N-dealkylation sites (tertiary alicyclic amines) is 1. The third kappa shape index (κ3) is 4.18. The van der Waals surface area contributed by atoms with Crippen LogP contribution < -0.4 is 5.32 Å². The Balaban J connectivity index is 1.86. The number of carboxylic acid groups (broad SMARTS) is 1. The molecule has 0 unspecified atom stereocenters. The summed E-state index contributed by atoms with van der Waals surface area (Å²) in [5.41, 5.74) is 0.211. The number of rotatable bonds is 5. The van der Waals surface area contributed by atoms with Crippen molar-refractivity contribution in [2.45, 2.75) is 19.3 Å². The van der Waals surface area contributed by atoms with Crippen molar-refractivity contribution in [1.29, 1.82) is 0 Å². The lowest BCUT2D eigenvalue weighted by molar-refractivity contribution is 0.0697. The summed E-state index contributed by atoms with van der Waals surface area (Å²) < 4.78 is 0.677. The Kier molecular flexibility index (Phi) is 5.37. The van der Waals surface area contributed by atoms with Crippen molar-refractivity contribution in [1.82, 2.24) is 9.88 Å². The third-order valence-corrected chi connectivity index (χ3v) is 4.20. The molecule has 0 saturated carbocycles. The Bertz CT molecular complexity index is 473. The predicted octanol–water partition coefficient (Wildman–Crippen LogP) is 2.69. The van der Waals surface area contributed by atoms with Gasteiger partial charge in [0, 0.05) is 17.2 Å². The van der Waals surface area contributed by atoms with Gasteiger partial charge in [-0.3, -0.25) is 0 Å². The number of hydrogen-bond donors (Lipinski definition) is 2. The highest BCUT2D eigenvalue weighted by molar-refractivity contribution is 9.10. The maximum Gasteiger partial charge on any atom is 0.339 e. The molecule has 6 heteroatoms. The molecule has 1 aromatic rings. The van der Waals surface area contributed by atoms with Gasteiger partial charge in [0.2, 0.25) is 0 Å². The minimum Gasteiger partial charge on any atom is -0.478 e. The van der Waals surface area contributed by atoms with Gasteiger partial charge in [-0.25, -0.2) is 9.78 Å². The van der Waals surface area contributed by atoms with Crippen LogP contribution in [0, 0.1) is 5.92 Å². The van der Waals surface area contributed by atoms with Crippen LogP contribution in [0.3, 0.4) is 0 Å². The normalized spacial score (nSPS) is 17.1. The fraction of sp³-hybridized carbons (Fsp3) is 0.571. The van der Waals surface area contributed by atoms with E-state index in [0.717, 1.165) is 32.0 Å². The lowest BCUT2D eigenvalue weighted by Gasteiger charge is -2.28. The molecule has 2 rings (SSSR count). The maximum atomic E-state index is 11.2. The Morgan fingerprint density at radius 3 is 2.90 bits per heavy atom. The summed E-state index contributed by atoms with van der Waals surface area (Å²) in [4.78, 5) is 17.7. The van der Waals surface area contributed by atoms with Gasteiger partial charge in [-0.05, 0) is 67.3 Å². The summed E-state index contributed by atoms with van der Waals surface area (Å²) >= 11 is 3.24. The van der Waals surface area contributed by atoms with Crippen LogP contribution in [0.25, 0.3) is 0 Å². The summed E-state index contributed by atoms with van der Waals surface area (Å²) in [6.07, 6.45) is 5.12. The Morgan fingerprint density at radius 1 is 1.55 bits per heavy atom. The molecule has 2 N–H and O–H groups in total. The van der Waals surface area contributed by atoms with E-state index >= 15 is 0 Å². The van der Waals surface area contributed by atoms with Gasteiger partial charge in [0.15, 0.2) is 0 Å². The Morgan fingerprint density at radius 2 is 2.25 bits per heavy atom. The highest BCUT2D eigenvalue weighted by Gasteiger charge is 2.17. The first-order valence-electron chi connectivity index (χ1n) is 6.87. The van der Waals surface area contributed by atoms with Crippen LogP contribution in [-0.4, -0.2) is 47.6 Å². The smallest absolute Gasteiger partial charge is 0.339 e. The van der Waals surface area contributed by atoms with E-state index in [-0.39, 0.29) is 5.56 Å². The van der Waals surface area contributed by atoms with E-state index in [9.17, 15) is 4.79 Å². The van der Waals surface area contributed by atoms with Gasteiger partial charge < -0.3 is 15.3 Å². The highest BCUT2D eigenvalue weighted by atomic mass is 79.9. The first-order valence-corrected chi connectivity index (χ1v) is 7.67. The molecule has 0 amide bonds. The molecular weight excluding hydrogens is 322 g/mol. The largest absolute Gasteiger partial charge is 0.478 e. The summed E-state index contributed by atoms with van der Waals surface area (Å²) in [5, 5.41) is 12.3. The second-order valence-electron chi connectivity index (χ2n) is 5.32. The lowest BCUT2D eigenvalue weighted by atomic mass is 9.94. The fourth-order valence-electron chi connectivity index (χ4n) is 2.49. The first-order chi connectivity index (χ1) is 9.56. The fourth-order valence-corrected chi connectivity index (χ4v) is 2.82. The van der Waals surface area contributed by atoms with Crippen LogP contribution in [0.15, 0.2) is 16.7 Å². The molecule has 0 radical (unpaired) electrons. The number of nitrogens with zero attached hydrogens (tertiary/aromatic N) is 2. The number of nitrogens with one attached hydrogen (secondary N) is 1. The lowest BCUT2D eigenvalue weighted by Crippen LogP contribution is -2.31. The average molecular weight is 342 g/mol. The van der Waals surface area contributed by atoms with Gasteiger partial charge in [0.25, 0.3) is 0 Å². The number of piperidine rings is 1. The molecule has 1 aromatic heterocycles. The van der Waals surface area contributed by atoms with Crippen LogP contribution in [0.2, 0.25) is 0 Å². The number of pyridine rings is 1. The predicted molar refractivity (Wildman–Crippen MR) is 82.2 cm³/mol. The van der Waals surface area contributed by atoms with Crippen molar-refractivity contribution < 1.29 is 9.90 Å². The molecule has 20 heavy (non-hydrogen) atoms. The number of aromatic nitrogens is 1. The number of carboxylic acids is 1. The zero-order valence-electron chi connectivity index (χ0n) is 11.6. The van der Waals surface area contributed by atoms with E-state index in [0.29, 0.717) is 10.3 Å². The van der Waals surface area contributed by atoms with Gasteiger partial charge in [0.05, 0.1) is 0 Å². The monoisotopic (exact) mass is 341 g/mol. The summed E-state index contributed by atoms with van der Waals surface area (Å²) in [6, 6.07) is 1.58. The molecule has 0 aromatic carbocycles. The van der Waals surface area contributed by atoms with Gasteiger partial charge in [-0.15, -0.1) is 0 Å². The zero-order chi connectivity index (χ0) is 14.5. The van der Waals surface area contributed by atoms with Crippen LogP contribution in [0.5, 0.6) is 0 Å². The van der Waals surface area contributed by atoms with Crippen molar-refractivity contribution in [3.63, 3.8) is 0 Å². The van der Waals surface area contributed by atoms with Crippen molar-refractivity contribution in [3.05, 3.63) is 22.3 Å². The number of carbonyl (C=O) groups is 1. The SMILES string of the molecule is CN1CCC(CCNc2ncc(Br)cc2C(=O)O)CC1. The number of halogens is 1. The molecule has 0 spiro atoms. The van der Waals surface area contributed by atoms with Crippen molar-refractivity contribution in [2.75, 3.05) is 32.0 Å². The van der Waals surface area contributed by atoms with E-state index in [4.69, 9.17) is 5.11 Å². The summed E-state index contributed by atoms with van der Waals surface area (Å²) in [6.45, 7) is 3.08. The number of anilines is 1. The topological polar surface area (TPSA) is 65.5 Å². The minimum absolute atomic E-state index is 0.211. The molecule has 0 aliphatic carbocycles. The Labute approximate surface area is 127 Å². The van der Waals surface area contributed by atoms with Crippen LogP contribution >= 0.6 is 15.9 Å². The highest BCUT2D eigenvalue weighted by Crippen LogP contribution is 2.21. The molecule has 0 bridgehead atoms. The van der Waals surface area contributed by atoms with E-state index in [1.54, 1.807) is 12.3 Å². The summed E-state index contributed by atoms with van der Waals surface area (Å²) in [7, 11) is 2.15. The molecule has 1 fully saturated rings. The summed E-state index contributed by atoms with van der Waals surface area (Å²) in [5.74, 6) is 0.219. The molecule has 1 aliphatic heterocycles. The van der Waals surface area contributed by atoms with Gasteiger partial charge in [-0.2, -0.15) is 0 Å². The third-order valence-electron chi connectivity index (χ3n) is 3.77. The Hall–Kier alpha value is -1.14. The first kappa shape index (κ1) is 15.3. The maximum absolute atomic E-state index is 11.2. The minimum atomic E-state index is -0.958. The van der Waals surface area contributed by atoms with Crippen LogP contribution in [0.1, 0.15) is 29.6 Å². The van der Waals surface area contributed by atoms with E-state index < -0.39 is 5.97 Å². The van der Waals surface area contributed by atoms with Crippen molar-refractivity contribution in [2.24, 2.45) is 5.92 Å². The molecular formula is C14H20BrN3O2. The quantitative estimate of drug-likeness (QED) is 0.861. The molecule has 0 atom stereocenters. The van der Waals surface area contributed by atoms with Gasteiger partial charge in [0.1, 0.15) is 11.4 Å².